The summed E-state index contributed by atoms with van der Waals surface area (Å²) < 4.78 is 12.2. The number of aromatic nitrogens is 5. The number of hydrogen-bond donors (Lipinski definition) is 0. The molecule has 0 fully saturated rings. The third-order valence-corrected chi connectivity index (χ3v) is 21.7. The van der Waals surface area contributed by atoms with Gasteiger partial charge in [0.05, 0.1) is 78.0 Å². The fourth-order valence-corrected chi connectivity index (χ4v) is 17.0. The minimum absolute atomic E-state index is 0.00937. The molecular formula is C97H65N7. The van der Waals surface area contributed by atoms with E-state index in [1.165, 1.54) is 76.2 Å². The van der Waals surface area contributed by atoms with Crippen LogP contribution in [-0.2, 0) is 0 Å². The molecule has 488 valence electrons. The average Bonchev–Trinajstić information content (AvgIpc) is 1.58. The van der Waals surface area contributed by atoms with Crippen molar-refractivity contribution >= 4 is 126 Å². The molecule has 20 aromatic rings. The molecule has 6 heterocycles. The van der Waals surface area contributed by atoms with Crippen LogP contribution in [0.4, 0.5) is 0 Å². The van der Waals surface area contributed by atoms with Crippen LogP contribution in [0.15, 0.2) is 368 Å². The maximum Gasteiger partial charge on any atom is 0.160 e. The minimum Gasteiger partial charge on any atom is -0.309 e. The highest BCUT2D eigenvalue weighted by Crippen LogP contribution is 2.45. The number of amidine groups is 1. The molecule has 0 bridgehead atoms. The van der Waals surface area contributed by atoms with Gasteiger partial charge < -0.3 is 22.8 Å². The summed E-state index contributed by atoms with van der Waals surface area (Å²) in [6.07, 6.45) is 3.05. The number of allylic oxidation sites excluding steroid dienone is 1. The molecule has 0 N–H and O–H groups in total. The predicted molar refractivity (Wildman–Crippen MR) is 437 cm³/mol. The second kappa shape index (κ2) is 23.8. The zero-order valence-electron chi connectivity index (χ0n) is 57.0. The molecule has 5 aromatic heterocycles. The van der Waals surface area contributed by atoms with Crippen molar-refractivity contribution in [2.75, 3.05) is 0 Å². The highest BCUT2D eigenvalue weighted by molar-refractivity contribution is 6.18. The molecule has 15 aromatic carbocycles. The van der Waals surface area contributed by atoms with E-state index in [9.17, 15) is 0 Å². The molecule has 1 aliphatic rings. The summed E-state index contributed by atoms with van der Waals surface area (Å²) in [5.41, 5.74) is 26.5. The Bertz CT molecular complexity index is 6690. The Labute approximate surface area is 600 Å². The maximum absolute atomic E-state index is 5.81. The van der Waals surface area contributed by atoms with E-state index in [1.807, 2.05) is 0 Å². The van der Waals surface area contributed by atoms with Crippen LogP contribution in [0.2, 0.25) is 0 Å². The molecule has 0 saturated carbocycles. The lowest BCUT2D eigenvalue weighted by Crippen LogP contribution is -2.18. The molecule has 0 aliphatic carbocycles. The number of nitrogens with zero attached hydrogens (tertiary/aromatic N) is 7. The molecule has 104 heavy (non-hydrogen) atoms. The second-order valence-electron chi connectivity index (χ2n) is 27.7. The van der Waals surface area contributed by atoms with Crippen LogP contribution < -0.4 is 0 Å². The number of fused-ring (bicyclic) bond motifs is 15. The predicted octanol–water partition coefficient (Wildman–Crippen LogP) is 24.8. The number of aliphatic imine (C=N–C) groups is 2. The summed E-state index contributed by atoms with van der Waals surface area (Å²) in [7, 11) is 0. The van der Waals surface area contributed by atoms with Crippen molar-refractivity contribution in [3.05, 3.63) is 375 Å². The van der Waals surface area contributed by atoms with E-state index in [-0.39, 0.29) is 5.92 Å². The smallest absolute Gasteiger partial charge is 0.160 e. The Morgan fingerprint density at radius 3 is 1.01 bits per heavy atom. The minimum atomic E-state index is -0.00937. The van der Waals surface area contributed by atoms with Crippen LogP contribution in [-0.4, -0.2) is 34.4 Å². The Morgan fingerprint density at radius 1 is 0.231 bits per heavy atom. The van der Waals surface area contributed by atoms with Crippen molar-refractivity contribution in [3.8, 4) is 50.7 Å². The molecule has 21 rings (SSSR count). The van der Waals surface area contributed by atoms with Crippen molar-refractivity contribution in [2.45, 2.75) is 13.3 Å². The summed E-state index contributed by atoms with van der Waals surface area (Å²) >= 11 is 0. The third kappa shape index (κ3) is 9.37. The van der Waals surface area contributed by atoms with Gasteiger partial charge in [-0.05, 0) is 168 Å². The normalized spacial score (nSPS) is 14.2. The van der Waals surface area contributed by atoms with Gasteiger partial charge >= 0.3 is 0 Å². The molecule has 0 amide bonds. The largest absolute Gasteiger partial charge is 0.309 e. The van der Waals surface area contributed by atoms with Crippen LogP contribution in [0.5, 0.6) is 0 Å². The maximum atomic E-state index is 5.81. The Kier molecular flexibility index (Phi) is 13.5. The average molecular weight is 1330 g/mol. The van der Waals surface area contributed by atoms with Gasteiger partial charge in [0, 0.05) is 88.0 Å². The molecule has 7 heteroatoms. The molecule has 0 spiro atoms. The molecule has 1 atom stereocenters. The monoisotopic (exact) mass is 1330 g/mol. The molecule has 1 unspecified atom stereocenters. The van der Waals surface area contributed by atoms with Crippen molar-refractivity contribution in [3.63, 3.8) is 0 Å². The Balaban J connectivity index is 0.771. The zero-order valence-corrected chi connectivity index (χ0v) is 57.0. The van der Waals surface area contributed by atoms with Crippen molar-refractivity contribution < 1.29 is 0 Å². The number of hydrogen-bond acceptors (Lipinski definition) is 2. The lowest BCUT2D eigenvalue weighted by atomic mass is 9.92. The quantitative estimate of drug-likeness (QED) is 0.131. The number of rotatable bonds is 10. The summed E-state index contributed by atoms with van der Waals surface area (Å²) in [5, 5.41) is 12.1. The van der Waals surface area contributed by atoms with Crippen molar-refractivity contribution in [1.82, 2.24) is 22.8 Å². The van der Waals surface area contributed by atoms with Crippen molar-refractivity contribution in [2.24, 2.45) is 15.9 Å². The first kappa shape index (κ1) is 59.3. The van der Waals surface area contributed by atoms with E-state index in [1.54, 1.807) is 0 Å². The Morgan fingerprint density at radius 2 is 0.558 bits per heavy atom. The fraction of sp³-hybridized carbons (Fsp3) is 0.0309. The first-order valence-electron chi connectivity index (χ1n) is 35.9. The summed E-state index contributed by atoms with van der Waals surface area (Å²) in [6, 6.07) is 129. The van der Waals surface area contributed by atoms with Gasteiger partial charge in [-0.15, -0.1) is 0 Å². The molecule has 0 radical (unpaired) electrons. The SMILES string of the molecule is CC1C/C=C(\c2cccc(-n3c4ccccc4c4ccccc43)c2)N=C(c2ccccc2)N=C1c1ccc(-n2c3ccc(-c4ccc5c(c4)c4ccccc4n5-c4ccccc4)cc3c3cc(-c4ccc5c(c4)c4ccccc4n5-c4ccccc4)ccc32)c(-n2c3ccccc3c3ccccc32)c1. The van der Waals surface area contributed by atoms with Gasteiger partial charge in [-0.1, -0.05) is 231 Å². The number of benzene rings is 15. The van der Waals surface area contributed by atoms with E-state index in [0.29, 0.717) is 12.3 Å². The van der Waals surface area contributed by atoms with Crippen LogP contribution in [0.3, 0.4) is 0 Å². The fourth-order valence-electron chi connectivity index (χ4n) is 17.0. The zero-order chi connectivity index (χ0) is 68.5. The van der Waals surface area contributed by atoms with E-state index in [4.69, 9.17) is 9.98 Å². The molecule has 1 aliphatic heterocycles. The van der Waals surface area contributed by atoms with E-state index in [2.05, 4.69) is 388 Å². The molecule has 7 nitrogen and oxygen atoms in total. The first-order valence-corrected chi connectivity index (χ1v) is 35.9. The van der Waals surface area contributed by atoms with Crippen LogP contribution in [0, 0.1) is 5.92 Å². The van der Waals surface area contributed by atoms with Gasteiger partial charge in [-0.3, -0.25) is 0 Å². The lowest BCUT2D eigenvalue weighted by Gasteiger charge is -2.22. The van der Waals surface area contributed by atoms with Crippen LogP contribution in [0.25, 0.3) is 165 Å². The topological polar surface area (TPSA) is 49.4 Å². The second-order valence-corrected chi connectivity index (χ2v) is 27.7. The van der Waals surface area contributed by atoms with Gasteiger partial charge in [0.1, 0.15) is 0 Å². The summed E-state index contributed by atoms with van der Waals surface area (Å²) in [4.78, 5) is 11.4. The number of para-hydroxylation sites is 8. The standard InChI is InChI=1S/C97H65N7/c1-62-44-50-83(68-26-23-31-72(56-68)102-84-38-17-11-32-73(84)74-33-12-18-39-85(74)102)98-97(63-24-5-2-6-25-63)99-96(62)69-49-55-94(95(61-69)104-88-42-21-13-34-75(88)76-35-14-22-43-89(76)104)103-92-53-47-66(64-45-51-90-79(57-64)77-36-15-19-40-86(77)100(90)70-27-7-3-8-28-70)59-81(92)82-60-67(48-54-93(82)103)65-46-52-91-80(58-65)78-37-16-20-41-87(78)101(91)71-29-9-4-10-30-71/h2-43,45-62H,44H2,1H3/b83-50+,98-97?,99-96?. The van der Waals surface area contributed by atoms with Crippen molar-refractivity contribution in [1.29, 1.82) is 0 Å². The molecular weight excluding hydrogens is 1260 g/mol. The van der Waals surface area contributed by atoms with E-state index >= 15 is 0 Å². The van der Waals surface area contributed by atoms with E-state index in [0.717, 1.165) is 112 Å². The third-order valence-electron chi connectivity index (χ3n) is 21.7. The van der Waals surface area contributed by atoms with Gasteiger partial charge in [-0.25, -0.2) is 9.98 Å². The molecule has 0 saturated heterocycles. The first-order chi connectivity index (χ1) is 51.5. The summed E-state index contributed by atoms with van der Waals surface area (Å²) in [5.74, 6) is 0.657. The van der Waals surface area contributed by atoms with Gasteiger partial charge in [0.25, 0.3) is 0 Å². The highest BCUT2D eigenvalue weighted by atomic mass is 15.1. The highest BCUT2D eigenvalue weighted by Gasteiger charge is 2.26. The van der Waals surface area contributed by atoms with Crippen LogP contribution >= 0.6 is 0 Å². The Hall–Kier alpha value is -13.6. The van der Waals surface area contributed by atoms with Gasteiger partial charge in [-0.2, -0.15) is 0 Å². The van der Waals surface area contributed by atoms with Gasteiger partial charge in [0.15, 0.2) is 5.84 Å². The lowest BCUT2D eigenvalue weighted by molar-refractivity contribution is 0.790. The summed E-state index contributed by atoms with van der Waals surface area (Å²) in [6.45, 7) is 2.32. The van der Waals surface area contributed by atoms with E-state index < -0.39 is 0 Å². The van der Waals surface area contributed by atoms with Crippen LogP contribution in [0.1, 0.15) is 30.0 Å². The van der Waals surface area contributed by atoms with Gasteiger partial charge in [0.2, 0.25) is 0 Å².